The summed E-state index contributed by atoms with van der Waals surface area (Å²) in [6.07, 6.45) is -0.164. The maximum absolute atomic E-state index is 14.5. The summed E-state index contributed by atoms with van der Waals surface area (Å²) < 4.78 is 53.5. The molecule has 3 aliphatic rings. The molecule has 1 aromatic carbocycles. The van der Waals surface area contributed by atoms with Gasteiger partial charge in [-0.1, -0.05) is 6.07 Å². The summed E-state index contributed by atoms with van der Waals surface area (Å²) in [5.41, 5.74) is 1.10. The van der Waals surface area contributed by atoms with Gasteiger partial charge in [0.15, 0.2) is 5.78 Å². The van der Waals surface area contributed by atoms with Crippen LogP contribution >= 0.6 is 0 Å². The van der Waals surface area contributed by atoms with Gasteiger partial charge in [-0.2, -0.15) is 18.3 Å². The summed E-state index contributed by atoms with van der Waals surface area (Å²) in [6.45, 7) is 3.01. The van der Waals surface area contributed by atoms with Gasteiger partial charge in [0.05, 0.1) is 17.7 Å². The molecule has 55 heavy (non-hydrogen) atoms. The minimum absolute atomic E-state index is 0.134. The average Bonchev–Trinajstić information content (AvgIpc) is 3.56. The molecule has 3 aromatic heterocycles. The van der Waals surface area contributed by atoms with Gasteiger partial charge in [0.25, 0.3) is 0 Å². The van der Waals surface area contributed by atoms with E-state index in [1.54, 1.807) is 33.5 Å². The number of hydrogen-bond donors (Lipinski definition) is 2. The lowest BCUT2D eigenvalue weighted by molar-refractivity contribution is -0.141. The zero-order valence-electron chi connectivity index (χ0n) is 30.8. The summed E-state index contributed by atoms with van der Waals surface area (Å²) in [5, 5.41) is 10.6. The van der Waals surface area contributed by atoms with E-state index in [1.807, 2.05) is 12.1 Å². The normalized spacial score (nSPS) is 24.6. The van der Waals surface area contributed by atoms with Crippen LogP contribution in [0.4, 0.5) is 19.0 Å². The molecule has 17 heteroatoms. The summed E-state index contributed by atoms with van der Waals surface area (Å²) in [5.74, 6) is -1.46. The molecule has 14 nitrogen and oxygen atoms in total. The highest BCUT2D eigenvalue weighted by Crippen LogP contribution is 2.59. The second-order valence-corrected chi connectivity index (χ2v) is 14.5. The van der Waals surface area contributed by atoms with Crippen LogP contribution in [0.15, 0.2) is 42.7 Å². The third-order valence-corrected chi connectivity index (χ3v) is 11.0. The Morgan fingerprint density at radius 3 is 2.38 bits per heavy atom. The van der Waals surface area contributed by atoms with E-state index in [9.17, 15) is 32.3 Å². The van der Waals surface area contributed by atoms with Crippen LogP contribution in [0.5, 0.6) is 0 Å². The molecule has 2 unspecified atom stereocenters. The van der Waals surface area contributed by atoms with Gasteiger partial charge in [-0.15, -0.1) is 0 Å². The highest BCUT2D eigenvalue weighted by Gasteiger charge is 2.67. The molecule has 1 aliphatic carbocycles. The first-order valence-corrected chi connectivity index (χ1v) is 18.0. The number of benzene rings is 1. The van der Waals surface area contributed by atoms with Gasteiger partial charge in [-0.05, 0) is 74.4 Å². The van der Waals surface area contributed by atoms with Crippen molar-refractivity contribution in [2.45, 2.75) is 89.4 Å². The van der Waals surface area contributed by atoms with Crippen LogP contribution in [0.1, 0.15) is 66.6 Å². The fraction of sp³-hybridized carbons (Fsp3) is 0.474. The van der Waals surface area contributed by atoms with Gasteiger partial charge in [-0.3, -0.25) is 23.9 Å². The Balaban J connectivity index is 1.31. The number of amides is 3. The molecular formula is C38H41F3N8O6. The number of anilines is 1. The standard InChI is InChI=1S/C38H41F3N8O6/c1-20(50)34-25-13-23(24-16-42-21(2)43-17-24)12-22-8-9-27(54-3)28(55-4)10-11-32(51)44-19-37-14-26(36(53)46-31-7-5-6-29(45-31)38(39,40)41)49(30(37)15-37)33(52)18-48(47-34)35(22)25/h5-7,12-13,16-17,26-28,30H,8-11,14-15,18-19H2,1-4H3,(H,44,51)(H,45,46,53)/t26-,27?,28?,30+,37-/m0/s1. The number of ether oxygens (including phenoxy) is 2. The van der Waals surface area contributed by atoms with E-state index in [4.69, 9.17) is 9.47 Å². The van der Waals surface area contributed by atoms with Crippen LogP contribution in [0.2, 0.25) is 0 Å². The molecule has 1 saturated heterocycles. The Kier molecular flexibility index (Phi) is 10.2. The third kappa shape index (κ3) is 7.54. The van der Waals surface area contributed by atoms with Gasteiger partial charge in [0.1, 0.15) is 35.6 Å². The van der Waals surface area contributed by atoms with E-state index in [2.05, 4.69) is 30.7 Å². The van der Waals surface area contributed by atoms with Crippen molar-refractivity contribution in [3.8, 4) is 11.1 Å². The van der Waals surface area contributed by atoms with Gasteiger partial charge >= 0.3 is 6.18 Å². The molecule has 3 amide bonds. The number of piperidine rings is 1. The monoisotopic (exact) mass is 762 g/mol. The Hall–Kier alpha value is -5.29. The molecule has 0 spiro atoms. The lowest BCUT2D eigenvalue weighted by Crippen LogP contribution is -2.47. The molecule has 0 radical (unpaired) electrons. The van der Waals surface area contributed by atoms with Crippen LogP contribution in [-0.2, 0) is 43.0 Å². The Bertz CT molecular complexity index is 2160. The predicted octanol–water partition coefficient (Wildman–Crippen LogP) is 4.29. The number of carbonyl (C=O) groups excluding carboxylic acids is 4. The van der Waals surface area contributed by atoms with E-state index in [1.165, 1.54) is 22.6 Å². The fourth-order valence-electron chi connectivity index (χ4n) is 8.07. The molecule has 4 aromatic rings. The summed E-state index contributed by atoms with van der Waals surface area (Å²) in [4.78, 5) is 68.3. The molecule has 2 aliphatic heterocycles. The van der Waals surface area contributed by atoms with E-state index in [0.29, 0.717) is 48.0 Å². The number of aromatic nitrogens is 5. The van der Waals surface area contributed by atoms with E-state index < -0.39 is 53.4 Å². The first-order valence-electron chi connectivity index (χ1n) is 18.0. The predicted molar refractivity (Wildman–Crippen MR) is 192 cm³/mol. The highest BCUT2D eigenvalue weighted by atomic mass is 19.4. The molecule has 7 rings (SSSR count). The molecule has 2 fully saturated rings. The summed E-state index contributed by atoms with van der Waals surface area (Å²) in [7, 11) is 3.15. The number of methoxy groups -OCH3 is 2. The van der Waals surface area contributed by atoms with Crippen LogP contribution in [-0.4, -0.2) is 98.2 Å². The molecule has 5 heterocycles. The quantitative estimate of drug-likeness (QED) is 0.270. The number of carbonyl (C=O) groups is 4. The van der Waals surface area contributed by atoms with Crippen LogP contribution in [0.3, 0.4) is 0 Å². The van der Waals surface area contributed by atoms with E-state index >= 15 is 0 Å². The number of nitrogens with zero attached hydrogens (tertiary/aromatic N) is 6. The Labute approximate surface area is 314 Å². The second-order valence-electron chi connectivity index (χ2n) is 14.5. The molecule has 2 bridgehead atoms. The Morgan fingerprint density at radius 1 is 1.00 bits per heavy atom. The first-order chi connectivity index (χ1) is 26.2. The average molecular weight is 763 g/mol. The minimum Gasteiger partial charge on any atom is -0.379 e. The number of nitrogens with one attached hydrogen (secondary N) is 2. The highest BCUT2D eigenvalue weighted by molar-refractivity contribution is 6.07. The first kappa shape index (κ1) is 38.0. The van der Waals surface area contributed by atoms with Crippen molar-refractivity contribution >= 4 is 40.2 Å². The molecule has 1 saturated carbocycles. The zero-order valence-corrected chi connectivity index (χ0v) is 30.8. The molecule has 2 N–H and O–H groups in total. The van der Waals surface area contributed by atoms with Crippen molar-refractivity contribution < 1.29 is 41.8 Å². The number of Topliss-reactive ketones (excluding diaryl/α,β-unsaturated/α-hetero) is 1. The number of halogens is 3. The smallest absolute Gasteiger partial charge is 0.379 e. The second kappa shape index (κ2) is 14.7. The topological polar surface area (TPSA) is 171 Å². The van der Waals surface area contributed by atoms with Gasteiger partial charge < -0.3 is 25.0 Å². The number of alkyl halides is 3. The molecule has 290 valence electrons. The van der Waals surface area contributed by atoms with Crippen molar-refractivity contribution in [2.75, 3.05) is 26.1 Å². The van der Waals surface area contributed by atoms with Gasteiger partial charge in [0.2, 0.25) is 17.7 Å². The SMILES string of the molecule is COC1CCC(=O)NC[C@@]23C[C@@H](C(=O)Nc4cccc(C(F)(F)F)n4)N(C(=O)Cn4nc(C(C)=O)c5cc(-c6cnc(C)nc6)cc(c54)CCC1OC)[C@@H]2C3. The van der Waals surface area contributed by atoms with Crippen LogP contribution in [0, 0.1) is 12.3 Å². The van der Waals surface area contributed by atoms with Crippen LogP contribution in [0.25, 0.3) is 22.0 Å². The van der Waals surface area contributed by atoms with Crippen molar-refractivity contribution in [1.29, 1.82) is 0 Å². The maximum Gasteiger partial charge on any atom is 0.433 e. The number of rotatable bonds is 6. The lowest BCUT2D eigenvalue weighted by atomic mass is 9.95. The number of aryl methyl sites for hydroxylation is 2. The Morgan fingerprint density at radius 2 is 1.71 bits per heavy atom. The van der Waals surface area contributed by atoms with E-state index in [0.717, 1.165) is 23.3 Å². The van der Waals surface area contributed by atoms with Crippen molar-refractivity contribution in [2.24, 2.45) is 5.41 Å². The number of ketones is 1. The van der Waals surface area contributed by atoms with Crippen molar-refractivity contribution in [3.63, 3.8) is 0 Å². The van der Waals surface area contributed by atoms with Crippen molar-refractivity contribution in [3.05, 3.63) is 65.5 Å². The third-order valence-electron chi connectivity index (χ3n) is 11.0. The number of hydrogen-bond acceptors (Lipinski definition) is 10. The summed E-state index contributed by atoms with van der Waals surface area (Å²) >= 11 is 0. The molecule has 5 atom stereocenters. The largest absolute Gasteiger partial charge is 0.433 e. The van der Waals surface area contributed by atoms with Crippen LogP contribution < -0.4 is 10.6 Å². The van der Waals surface area contributed by atoms with E-state index in [-0.39, 0.29) is 49.1 Å². The van der Waals surface area contributed by atoms with Gasteiger partial charge in [0, 0.05) is 68.9 Å². The summed E-state index contributed by atoms with van der Waals surface area (Å²) in [6, 6.07) is 5.43. The zero-order chi connectivity index (χ0) is 39.2. The molecular weight excluding hydrogens is 721 g/mol. The maximum atomic E-state index is 14.5. The minimum atomic E-state index is -4.73. The number of pyridine rings is 1. The fourth-order valence-corrected chi connectivity index (χ4v) is 8.07. The van der Waals surface area contributed by atoms with Crippen molar-refractivity contribution in [1.82, 2.24) is 34.9 Å². The lowest BCUT2D eigenvalue weighted by Gasteiger charge is -2.27. The van der Waals surface area contributed by atoms with Gasteiger partial charge in [-0.25, -0.2) is 15.0 Å².